The zero-order chi connectivity index (χ0) is 11.8. The van der Waals surface area contributed by atoms with Crippen LogP contribution in [0.4, 0.5) is 0 Å². The molecule has 4 nitrogen and oxygen atoms in total. The molecule has 16 heavy (non-hydrogen) atoms. The van der Waals surface area contributed by atoms with Crippen molar-refractivity contribution in [2.45, 2.75) is 17.2 Å². The van der Waals surface area contributed by atoms with E-state index in [2.05, 4.69) is 0 Å². The highest BCUT2D eigenvalue weighted by molar-refractivity contribution is 7.91. The molecule has 0 bridgehead atoms. The van der Waals surface area contributed by atoms with Crippen molar-refractivity contribution in [1.29, 1.82) is 0 Å². The summed E-state index contributed by atoms with van der Waals surface area (Å²) < 4.78 is 28.6. The van der Waals surface area contributed by atoms with Crippen LogP contribution in [0.5, 0.6) is 5.75 Å². The second-order valence-electron chi connectivity index (χ2n) is 3.78. The lowest BCUT2D eigenvalue weighted by atomic mass is 9.98. The van der Waals surface area contributed by atoms with Crippen molar-refractivity contribution in [3.8, 4) is 5.75 Å². The minimum Gasteiger partial charge on any atom is -0.497 e. The van der Waals surface area contributed by atoms with Crippen LogP contribution in [0, 0.1) is 0 Å². The van der Waals surface area contributed by atoms with Crippen LogP contribution >= 0.6 is 0 Å². The Morgan fingerprint density at radius 1 is 1.50 bits per heavy atom. The number of hydrogen-bond acceptors (Lipinski definition) is 4. The Labute approximate surface area is 94.2 Å². The molecule has 1 aromatic carbocycles. The van der Waals surface area contributed by atoms with Gasteiger partial charge < -0.3 is 9.53 Å². The highest BCUT2D eigenvalue weighted by atomic mass is 32.2. The topological polar surface area (TPSA) is 60.4 Å². The van der Waals surface area contributed by atoms with Crippen LogP contribution in [-0.4, -0.2) is 27.6 Å². The number of hydrogen-bond donors (Lipinski definition) is 0. The summed E-state index contributed by atoms with van der Waals surface area (Å²) in [4.78, 5) is 10.8. The maximum atomic E-state index is 11.8. The molecule has 1 atom stereocenters. The van der Waals surface area contributed by atoms with Gasteiger partial charge in [-0.3, -0.25) is 0 Å². The number of carbonyl (C=O) groups excluding carboxylic acids is 1. The van der Waals surface area contributed by atoms with Crippen molar-refractivity contribution in [3.63, 3.8) is 0 Å². The lowest BCUT2D eigenvalue weighted by Gasteiger charge is -2.06. The van der Waals surface area contributed by atoms with Gasteiger partial charge in [0.05, 0.1) is 17.8 Å². The van der Waals surface area contributed by atoms with E-state index in [-0.39, 0.29) is 18.1 Å². The van der Waals surface area contributed by atoms with E-state index in [0.717, 1.165) is 6.29 Å². The summed E-state index contributed by atoms with van der Waals surface area (Å²) in [6, 6.07) is 4.88. The van der Waals surface area contributed by atoms with Crippen molar-refractivity contribution in [2.75, 3.05) is 12.9 Å². The third-order valence-corrected chi connectivity index (χ3v) is 4.68. The third-order valence-electron chi connectivity index (χ3n) is 2.79. The summed E-state index contributed by atoms with van der Waals surface area (Å²) in [6.07, 6.45) is 0.994. The molecular weight excluding hydrogens is 228 g/mol. The Hall–Kier alpha value is -1.36. The molecule has 1 heterocycles. The lowest BCUT2D eigenvalue weighted by molar-refractivity contribution is -0.108. The number of benzene rings is 1. The van der Waals surface area contributed by atoms with Crippen molar-refractivity contribution < 1.29 is 17.9 Å². The van der Waals surface area contributed by atoms with E-state index < -0.39 is 9.84 Å². The number of rotatable bonds is 3. The molecule has 0 spiro atoms. The van der Waals surface area contributed by atoms with Crippen LogP contribution in [-0.2, 0) is 14.6 Å². The molecule has 0 fully saturated rings. The van der Waals surface area contributed by atoms with Gasteiger partial charge in [0.15, 0.2) is 9.84 Å². The van der Waals surface area contributed by atoms with Gasteiger partial charge in [-0.2, -0.15) is 0 Å². The predicted octanol–water partition coefficient (Wildman–Crippen LogP) is 1.16. The fourth-order valence-corrected chi connectivity index (χ4v) is 3.90. The van der Waals surface area contributed by atoms with E-state index in [1.165, 1.54) is 7.11 Å². The molecule has 5 heteroatoms. The smallest absolute Gasteiger partial charge is 0.179 e. The third kappa shape index (κ3) is 1.71. The summed E-state index contributed by atoms with van der Waals surface area (Å²) in [5, 5.41) is 0. The second kappa shape index (κ2) is 3.90. The van der Waals surface area contributed by atoms with Gasteiger partial charge in [0, 0.05) is 12.3 Å². The van der Waals surface area contributed by atoms with Crippen LogP contribution in [0.1, 0.15) is 17.9 Å². The predicted molar refractivity (Wildman–Crippen MR) is 58.5 cm³/mol. The van der Waals surface area contributed by atoms with Crippen LogP contribution in [0.15, 0.2) is 23.1 Å². The SMILES string of the molecule is COc1ccc2c(c1)C(CC=O)CS2(=O)=O. The minimum absolute atomic E-state index is 0.0221. The fourth-order valence-electron chi connectivity index (χ4n) is 2.01. The average Bonchev–Trinajstić information content (AvgIpc) is 2.51. The number of fused-ring (bicyclic) bond motifs is 1. The van der Waals surface area contributed by atoms with Crippen molar-refractivity contribution in [1.82, 2.24) is 0 Å². The Morgan fingerprint density at radius 3 is 2.88 bits per heavy atom. The Bertz CT molecular complexity index is 519. The van der Waals surface area contributed by atoms with E-state index in [1.54, 1.807) is 18.2 Å². The number of sulfone groups is 1. The van der Waals surface area contributed by atoms with Gasteiger partial charge >= 0.3 is 0 Å². The Kier molecular flexibility index (Phi) is 2.71. The van der Waals surface area contributed by atoms with Gasteiger partial charge in [-0.15, -0.1) is 0 Å². The van der Waals surface area contributed by atoms with Crippen LogP contribution < -0.4 is 4.74 Å². The van der Waals surface area contributed by atoms with Crippen LogP contribution in [0.3, 0.4) is 0 Å². The number of aldehydes is 1. The molecule has 1 unspecified atom stereocenters. The van der Waals surface area contributed by atoms with Crippen LogP contribution in [0.2, 0.25) is 0 Å². The molecule has 0 saturated carbocycles. The summed E-state index contributed by atoms with van der Waals surface area (Å²) in [6.45, 7) is 0. The standard InChI is InChI=1S/C11H12O4S/c1-15-9-2-3-11-10(6-9)8(4-5-12)7-16(11,13)14/h2-3,5-6,8H,4,7H2,1H3. The molecule has 1 aliphatic rings. The van der Waals surface area contributed by atoms with E-state index in [4.69, 9.17) is 4.74 Å². The van der Waals surface area contributed by atoms with Crippen molar-refractivity contribution in [2.24, 2.45) is 0 Å². The summed E-state index contributed by atoms with van der Waals surface area (Å²) in [5.74, 6) is 0.410. The molecule has 0 aliphatic carbocycles. The molecule has 0 saturated heterocycles. The number of ether oxygens (including phenoxy) is 1. The van der Waals surface area contributed by atoms with Gasteiger partial charge in [-0.1, -0.05) is 0 Å². The molecule has 86 valence electrons. The number of methoxy groups -OCH3 is 1. The quantitative estimate of drug-likeness (QED) is 0.744. The highest BCUT2D eigenvalue weighted by Gasteiger charge is 2.34. The highest BCUT2D eigenvalue weighted by Crippen LogP contribution is 2.38. The zero-order valence-electron chi connectivity index (χ0n) is 8.84. The molecule has 0 radical (unpaired) electrons. The first-order valence-electron chi connectivity index (χ1n) is 4.93. The molecule has 0 amide bonds. The first-order valence-corrected chi connectivity index (χ1v) is 6.58. The minimum atomic E-state index is -3.22. The monoisotopic (exact) mass is 240 g/mol. The van der Waals surface area contributed by atoms with Crippen LogP contribution in [0.25, 0.3) is 0 Å². The first kappa shape index (κ1) is 11.1. The summed E-state index contributed by atoms with van der Waals surface area (Å²) in [7, 11) is -1.69. The van der Waals surface area contributed by atoms with Crippen molar-refractivity contribution >= 4 is 16.1 Å². The lowest BCUT2D eigenvalue weighted by Crippen LogP contribution is -2.03. The summed E-state index contributed by atoms with van der Waals surface area (Å²) in [5.41, 5.74) is 0.700. The maximum Gasteiger partial charge on any atom is 0.179 e. The molecular formula is C11H12O4S. The van der Waals surface area contributed by atoms with Gasteiger partial charge in [0.25, 0.3) is 0 Å². The second-order valence-corrected chi connectivity index (χ2v) is 5.79. The van der Waals surface area contributed by atoms with Gasteiger partial charge in [0.1, 0.15) is 12.0 Å². The first-order chi connectivity index (χ1) is 7.58. The number of carbonyl (C=O) groups is 1. The van der Waals surface area contributed by atoms with E-state index in [1.807, 2.05) is 0 Å². The Balaban J connectivity index is 2.54. The fraction of sp³-hybridized carbons (Fsp3) is 0.364. The largest absolute Gasteiger partial charge is 0.497 e. The van der Waals surface area contributed by atoms with Gasteiger partial charge in [0.2, 0.25) is 0 Å². The Morgan fingerprint density at radius 2 is 2.25 bits per heavy atom. The van der Waals surface area contributed by atoms with Gasteiger partial charge in [-0.25, -0.2) is 8.42 Å². The maximum absolute atomic E-state index is 11.8. The van der Waals surface area contributed by atoms with E-state index in [0.29, 0.717) is 16.2 Å². The molecule has 1 aromatic rings. The molecule has 1 aliphatic heterocycles. The van der Waals surface area contributed by atoms with E-state index >= 15 is 0 Å². The van der Waals surface area contributed by atoms with Crippen molar-refractivity contribution in [3.05, 3.63) is 23.8 Å². The molecule has 0 aromatic heterocycles. The average molecular weight is 240 g/mol. The van der Waals surface area contributed by atoms with E-state index in [9.17, 15) is 13.2 Å². The normalized spacial score (nSPS) is 21.4. The molecule has 0 N–H and O–H groups in total. The molecule has 2 rings (SSSR count). The summed E-state index contributed by atoms with van der Waals surface area (Å²) >= 11 is 0. The zero-order valence-corrected chi connectivity index (χ0v) is 9.66. The van der Waals surface area contributed by atoms with Gasteiger partial charge in [-0.05, 0) is 23.8 Å².